The molecule has 0 bridgehead atoms. The van der Waals surface area contributed by atoms with Crippen LogP contribution in [-0.4, -0.2) is 53.0 Å². The topological polar surface area (TPSA) is 63.1 Å². The Balaban J connectivity index is 1.99. The lowest BCUT2D eigenvalue weighted by atomic mass is 10.1. The van der Waals surface area contributed by atoms with E-state index in [1.54, 1.807) is 4.68 Å². The number of nitrogens with zero attached hydrogens (tertiary/aromatic N) is 4. The summed E-state index contributed by atoms with van der Waals surface area (Å²) in [7, 11) is 3.93. The Morgan fingerprint density at radius 1 is 1.04 bits per heavy atom. The van der Waals surface area contributed by atoms with E-state index in [0.717, 1.165) is 17.8 Å². The summed E-state index contributed by atoms with van der Waals surface area (Å²) in [6.07, 6.45) is 0. The number of benzene rings is 2. The first-order chi connectivity index (χ1) is 12.2. The van der Waals surface area contributed by atoms with Gasteiger partial charge >= 0.3 is 0 Å². The van der Waals surface area contributed by atoms with E-state index < -0.39 is 0 Å². The molecule has 25 heavy (non-hydrogen) atoms. The summed E-state index contributed by atoms with van der Waals surface area (Å²) in [5, 5.41) is 11.3. The molecule has 0 aliphatic rings. The molecule has 0 radical (unpaired) electrons. The molecule has 0 unspecified atom stereocenters. The van der Waals surface area contributed by atoms with E-state index in [1.807, 2.05) is 79.7 Å². The van der Waals surface area contributed by atoms with Crippen molar-refractivity contribution in [2.75, 3.05) is 27.2 Å². The molecule has 1 heterocycles. The van der Waals surface area contributed by atoms with Gasteiger partial charge < -0.3 is 10.2 Å². The van der Waals surface area contributed by atoms with Crippen LogP contribution < -0.4 is 5.32 Å². The van der Waals surface area contributed by atoms with Crippen molar-refractivity contribution in [3.63, 3.8) is 0 Å². The average molecular weight is 335 g/mol. The molecular formula is C19H21N5O. The van der Waals surface area contributed by atoms with Crippen molar-refractivity contribution < 1.29 is 4.79 Å². The number of hydrogen-bond acceptors (Lipinski definition) is 4. The van der Waals surface area contributed by atoms with Crippen LogP contribution >= 0.6 is 0 Å². The Bertz CT molecular complexity index is 828. The maximum absolute atomic E-state index is 12.6. The molecule has 0 aliphatic carbocycles. The summed E-state index contributed by atoms with van der Waals surface area (Å²) in [5.74, 6) is -0.220. The third kappa shape index (κ3) is 3.92. The summed E-state index contributed by atoms with van der Waals surface area (Å²) >= 11 is 0. The number of likely N-dealkylation sites (N-methyl/N-ethyl adjacent to an activating group) is 1. The molecular weight excluding hydrogens is 314 g/mol. The van der Waals surface area contributed by atoms with E-state index in [4.69, 9.17) is 0 Å². The number of hydrogen-bond donors (Lipinski definition) is 1. The molecule has 3 rings (SSSR count). The second-order valence-electron chi connectivity index (χ2n) is 5.96. The molecule has 0 spiro atoms. The standard InChI is InChI=1S/C19H21N5O/c1-23(2)14-13-20-19(25)17-18(15-9-5-3-6-10-15)24(22-21-17)16-11-7-4-8-12-16/h3-12H,13-14H2,1-2H3,(H,20,25). The molecule has 3 aromatic rings. The molecule has 6 nitrogen and oxygen atoms in total. The summed E-state index contributed by atoms with van der Waals surface area (Å²) in [6.45, 7) is 1.32. The fourth-order valence-electron chi connectivity index (χ4n) is 2.52. The second-order valence-corrected chi connectivity index (χ2v) is 5.96. The fraction of sp³-hybridized carbons (Fsp3) is 0.211. The van der Waals surface area contributed by atoms with Gasteiger partial charge in [0, 0.05) is 18.7 Å². The minimum Gasteiger partial charge on any atom is -0.349 e. The Kier molecular flexibility index (Phi) is 5.20. The molecule has 0 fully saturated rings. The Hall–Kier alpha value is -2.99. The normalized spacial score (nSPS) is 10.8. The number of carbonyl (C=O) groups is 1. The Morgan fingerprint density at radius 3 is 2.32 bits per heavy atom. The highest BCUT2D eigenvalue weighted by Crippen LogP contribution is 2.25. The molecule has 1 aromatic heterocycles. The number of rotatable bonds is 6. The molecule has 0 atom stereocenters. The first-order valence-electron chi connectivity index (χ1n) is 8.16. The van der Waals surface area contributed by atoms with E-state index in [-0.39, 0.29) is 5.91 Å². The third-order valence-corrected chi connectivity index (χ3v) is 3.78. The highest BCUT2D eigenvalue weighted by molar-refractivity contribution is 5.98. The van der Waals surface area contributed by atoms with Gasteiger partial charge in [0.25, 0.3) is 5.91 Å². The average Bonchev–Trinajstić information content (AvgIpc) is 3.08. The third-order valence-electron chi connectivity index (χ3n) is 3.78. The quantitative estimate of drug-likeness (QED) is 0.750. The van der Waals surface area contributed by atoms with Gasteiger partial charge in [-0.2, -0.15) is 0 Å². The number of para-hydroxylation sites is 1. The minimum atomic E-state index is -0.220. The predicted octanol–water partition coefficient (Wildman–Crippen LogP) is 2.23. The molecule has 128 valence electrons. The van der Waals surface area contributed by atoms with Crippen molar-refractivity contribution in [2.45, 2.75) is 0 Å². The molecule has 1 N–H and O–H groups in total. The van der Waals surface area contributed by atoms with Crippen LogP contribution in [0.3, 0.4) is 0 Å². The zero-order chi connectivity index (χ0) is 17.6. The van der Waals surface area contributed by atoms with E-state index in [2.05, 4.69) is 15.6 Å². The van der Waals surface area contributed by atoms with E-state index in [1.165, 1.54) is 0 Å². The van der Waals surface area contributed by atoms with E-state index in [9.17, 15) is 4.79 Å². The van der Waals surface area contributed by atoms with Crippen LogP contribution in [0.25, 0.3) is 16.9 Å². The van der Waals surface area contributed by atoms with Gasteiger partial charge in [-0.15, -0.1) is 5.10 Å². The highest BCUT2D eigenvalue weighted by Gasteiger charge is 2.21. The number of carbonyl (C=O) groups excluding carboxylic acids is 1. The van der Waals surface area contributed by atoms with Gasteiger partial charge in [-0.3, -0.25) is 4.79 Å². The van der Waals surface area contributed by atoms with Crippen molar-refractivity contribution in [3.8, 4) is 16.9 Å². The number of aromatic nitrogens is 3. The minimum absolute atomic E-state index is 0.220. The lowest BCUT2D eigenvalue weighted by Crippen LogP contribution is -2.31. The first-order valence-corrected chi connectivity index (χ1v) is 8.16. The number of nitrogens with one attached hydrogen (secondary N) is 1. The van der Waals surface area contributed by atoms with Crippen molar-refractivity contribution in [2.24, 2.45) is 0 Å². The van der Waals surface area contributed by atoms with Crippen LogP contribution in [0.5, 0.6) is 0 Å². The van der Waals surface area contributed by atoms with Crippen LogP contribution in [0, 0.1) is 0 Å². The smallest absolute Gasteiger partial charge is 0.274 e. The van der Waals surface area contributed by atoms with Gasteiger partial charge in [0.15, 0.2) is 5.69 Å². The van der Waals surface area contributed by atoms with Crippen LogP contribution in [0.15, 0.2) is 60.7 Å². The summed E-state index contributed by atoms with van der Waals surface area (Å²) in [4.78, 5) is 14.6. The zero-order valence-corrected chi connectivity index (χ0v) is 14.4. The fourth-order valence-corrected chi connectivity index (χ4v) is 2.52. The van der Waals surface area contributed by atoms with Gasteiger partial charge in [-0.1, -0.05) is 53.7 Å². The van der Waals surface area contributed by atoms with Gasteiger partial charge in [0.1, 0.15) is 5.69 Å². The Labute approximate surface area is 147 Å². The highest BCUT2D eigenvalue weighted by atomic mass is 16.2. The molecule has 1 amide bonds. The summed E-state index contributed by atoms with van der Waals surface area (Å²) in [5.41, 5.74) is 2.78. The molecule has 2 aromatic carbocycles. The van der Waals surface area contributed by atoms with Gasteiger partial charge in [0.05, 0.1) is 5.69 Å². The van der Waals surface area contributed by atoms with Gasteiger partial charge in [-0.05, 0) is 26.2 Å². The largest absolute Gasteiger partial charge is 0.349 e. The van der Waals surface area contributed by atoms with Crippen molar-refractivity contribution in [3.05, 3.63) is 66.4 Å². The molecule has 0 saturated carbocycles. The van der Waals surface area contributed by atoms with Crippen LogP contribution in [-0.2, 0) is 0 Å². The summed E-state index contributed by atoms with van der Waals surface area (Å²) in [6, 6.07) is 19.4. The van der Waals surface area contributed by atoms with Gasteiger partial charge in [-0.25, -0.2) is 4.68 Å². The van der Waals surface area contributed by atoms with E-state index in [0.29, 0.717) is 17.9 Å². The predicted molar refractivity (Wildman–Crippen MR) is 97.7 cm³/mol. The maximum Gasteiger partial charge on any atom is 0.274 e. The zero-order valence-electron chi connectivity index (χ0n) is 14.4. The lowest BCUT2D eigenvalue weighted by Gasteiger charge is -2.11. The van der Waals surface area contributed by atoms with Crippen LogP contribution in [0.2, 0.25) is 0 Å². The van der Waals surface area contributed by atoms with Crippen LogP contribution in [0.4, 0.5) is 0 Å². The molecule has 0 saturated heterocycles. The van der Waals surface area contributed by atoms with Crippen molar-refractivity contribution >= 4 is 5.91 Å². The Morgan fingerprint density at radius 2 is 1.68 bits per heavy atom. The second kappa shape index (κ2) is 7.72. The SMILES string of the molecule is CN(C)CCNC(=O)c1nnn(-c2ccccc2)c1-c1ccccc1. The monoisotopic (exact) mass is 335 g/mol. The first kappa shape index (κ1) is 16.9. The lowest BCUT2D eigenvalue weighted by molar-refractivity contribution is 0.0946. The van der Waals surface area contributed by atoms with Crippen molar-refractivity contribution in [1.29, 1.82) is 0 Å². The van der Waals surface area contributed by atoms with Gasteiger partial charge in [0.2, 0.25) is 0 Å². The van der Waals surface area contributed by atoms with E-state index >= 15 is 0 Å². The number of amides is 1. The summed E-state index contributed by atoms with van der Waals surface area (Å²) < 4.78 is 1.70. The maximum atomic E-state index is 12.6. The van der Waals surface area contributed by atoms with Crippen molar-refractivity contribution in [1.82, 2.24) is 25.2 Å². The molecule has 0 aliphatic heterocycles. The van der Waals surface area contributed by atoms with Crippen LogP contribution in [0.1, 0.15) is 10.5 Å². The molecule has 6 heteroatoms.